The molecule has 268 valence electrons. The molecule has 3 nitrogen and oxygen atoms in total. The summed E-state index contributed by atoms with van der Waals surface area (Å²) in [5.74, 6) is 0. The van der Waals surface area contributed by atoms with Crippen molar-refractivity contribution in [1.82, 2.24) is 10.6 Å². The van der Waals surface area contributed by atoms with Gasteiger partial charge in [0, 0.05) is 28.9 Å². The normalized spacial score (nSPS) is 19.8. The fourth-order valence-corrected chi connectivity index (χ4v) is 9.07. The molecule has 4 aliphatic rings. The molecule has 1 aliphatic carbocycles. The van der Waals surface area contributed by atoms with Gasteiger partial charge in [-0.2, -0.15) is 0 Å². The van der Waals surface area contributed by atoms with Gasteiger partial charge in [-0.15, -0.1) is 0 Å². The van der Waals surface area contributed by atoms with E-state index in [9.17, 15) is 0 Å². The summed E-state index contributed by atoms with van der Waals surface area (Å²) in [4.78, 5) is 3.91. The van der Waals surface area contributed by atoms with Crippen molar-refractivity contribution in [3.05, 3.63) is 201 Å². The number of likely N-dealkylation sites (N-methyl/N-ethyl adjacent to an activating group) is 1. The molecule has 53 heavy (non-hydrogen) atoms. The summed E-state index contributed by atoms with van der Waals surface area (Å²) >= 11 is 1.97. The van der Waals surface area contributed by atoms with Crippen molar-refractivity contribution in [2.45, 2.75) is 64.4 Å². The van der Waals surface area contributed by atoms with Crippen molar-refractivity contribution < 1.29 is 0 Å². The molecule has 0 aromatic heterocycles. The number of thioether (sulfide) groups is 1. The lowest BCUT2D eigenvalue weighted by Gasteiger charge is -2.32. The molecule has 0 fully saturated rings. The molecule has 9 rings (SSSR count). The minimum Gasteiger partial charge on any atom is -0.373 e. The average molecular weight is 714 g/mol. The number of nitrogens with one attached hydrogen (secondary N) is 2. The monoisotopic (exact) mass is 713 g/mol. The summed E-state index contributed by atoms with van der Waals surface area (Å²) in [7, 11) is 2.22. The molecule has 0 bridgehead atoms. The number of nitrogens with zero attached hydrogens (tertiary/aromatic N) is 1. The minimum absolute atomic E-state index is 0.00754. The summed E-state index contributed by atoms with van der Waals surface area (Å²) in [6.07, 6.45) is 10.3. The highest BCUT2D eigenvalue weighted by Crippen LogP contribution is 2.46. The summed E-state index contributed by atoms with van der Waals surface area (Å²) < 4.78 is 0. The van der Waals surface area contributed by atoms with Gasteiger partial charge < -0.3 is 15.5 Å². The van der Waals surface area contributed by atoms with E-state index in [1.807, 2.05) is 39.5 Å². The van der Waals surface area contributed by atoms with Crippen molar-refractivity contribution in [2.75, 3.05) is 11.9 Å². The molecular formula is C49H51N3S. The van der Waals surface area contributed by atoms with Crippen molar-refractivity contribution >= 4 is 34.3 Å². The Morgan fingerprint density at radius 2 is 1.25 bits per heavy atom. The van der Waals surface area contributed by atoms with E-state index in [1.54, 1.807) is 0 Å². The molecule has 3 aliphatic heterocycles. The van der Waals surface area contributed by atoms with Gasteiger partial charge in [0.2, 0.25) is 0 Å². The predicted molar refractivity (Wildman–Crippen MR) is 229 cm³/mol. The standard InChI is InChI=1S/C45H39N3S.2C2H6/c1-48-40-18-10-8-16-36(40)28-41(48)32-20-22-33(23-21-32)43-37(30-12-4-2-5-13-30)29-38(31-14-6-3-7-15-31)44(47-43)34-24-26-35(27-25-34)45-46-39-17-9-11-19-42(39)49-45;2*1-2/h2-10,12-18,20-27,29,41,43,45-47H,11,19,28H2,1H3;2*1-2H3. The highest BCUT2D eigenvalue weighted by Gasteiger charge is 2.30. The molecular weight excluding hydrogens is 663 g/mol. The Bertz CT molecular complexity index is 2130. The molecule has 3 heterocycles. The molecule has 0 amide bonds. The van der Waals surface area contributed by atoms with Gasteiger partial charge in [-0.3, -0.25) is 0 Å². The maximum absolute atomic E-state index is 4.09. The van der Waals surface area contributed by atoms with Crippen LogP contribution in [0, 0.1) is 0 Å². The van der Waals surface area contributed by atoms with Gasteiger partial charge in [-0.25, -0.2) is 0 Å². The highest BCUT2D eigenvalue weighted by atomic mass is 32.2. The zero-order valence-corrected chi connectivity index (χ0v) is 32.5. The smallest absolute Gasteiger partial charge is 0.102 e. The third kappa shape index (κ3) is 7.39. The maximum Gasteiger partial charge on any atom is 0.102 e. The van der Waals surface area contributed by atoms with E-state index in [4.69, 9.17) is 0 Å². The average Bonchev–Trinajstić information content (AvgIpc) is 3.84. The Morgan fingerprint density at radius 1 is 0.623 bits per heavy atom. The fourth-order valence-electron chi connectivity index (χ4n) is 7.81. The Hall–Kier alpha value is -5.19. The van der Waals surface area contributed by atoms with E-state index in [2.05, 4.69) is 174 Å². The molecule has 3 unspecified atom stereocenters. The lowest BCUT2D eigenvalue weighted by Crippen LogP contribution is -2.26. The van der Waals surface area contributed by atoms with E-state index in [0.717, 1.165) is 25.0 Å². The number of dihydropyridines is 1. The molecule has 0 saturated carbocycles. The minimum atomic E-state index is -0.00754. The number of fused-ring (bicyclic) bond motifs is 1. The number of allylic oxidation sites excluding steroid dienone is 5. The van der Waals surface area contributed by atoms with Crippen LogP contribution in [0.5, 0.6) is 0 Å². The Balaban J connectivity index is 0.00000105. The summed E-state index contributed by atoms with van der Waals surface area (Å²) in [5, 5.41) is 8.09. The summed E-state index contributed by atoms with van der Waals surface area (Å²) in [6, 6.07) is 49.3. The number of benzene rings is 5. The first-order chi connectivity index (χ1) is 26.2. The lowest BCUT2D eigenvalue weighted by molar-refractivity contribution is 0.714. The van der Waals surface area contributed by atoms with E-state index in [-0.39, 0.29) is 11.4 Å². The van der Waals surface area contributed by atoms with E-state index >= 15 is 0 Å². The zero-order chi connectivity index (χ0) is 36.7. The van der Waals surface area contributed by atoms with Crippen LogP contribution in [-0.2, 0) is 6.42 Å². The van der Waals surface area contributed by atoms with Gasteiger partial charge in [0.05, 0.1) is 17.8 Å². The second kappa shape index (κ2) is 16.7. The quantitative estimate of drug-likeness (QED) is 0.183. The molecule has 0 spiro atoms. The van der Waals surface area contributed by atoms with E-state index < -0.39 is 0 Å². The van der Waals surface area contributed by atoms with Crippen LogP contribution in [0.15, 0.2) is 162 Å². The van der Waals surface area contributed by atoms with Crippen molar-refractivity contribution in [3.8, 4) is 0 Å². The first-order valence-electron chi connectivity index (χ1n) is 19.4. The predicted octanol–water partition coefficient (Wildman–Crippen LogP) is 12.7. The van der Waals surface area contributed by atoms with E-state index in [1.165, 1.54) is 66.4 Å². The Kier molecular flexibility index (Phi) is 11.4. The first kappa shape index (κ1) is 36.2. The third-order valence-electron chi connectivity index (χ3n) is 10.4. The maximum atomic E-state index is 4.09. The third-order valence-corrected chi connectivity index (χ3v) is 11.8. The van der Waals surface area contributed by atoms with Crippen molar-refractivity contribution in [2.24, 2.45) is 0 Å². The first-order valence-corrected chi connectivity index (χ1v) is 20.2. The second-order valence-electron chi connectivity index (χ2n) is 13.4. The second-order valence-corrected chi connectivity index (χ2v) is 14.6. The SMILES string of the molecule is CC.CC.CN1c2ccccc2CC1c1ccc(C2NC(c3ccc(C4NC5=C(CCC=C5)S4)cc3)=C(c3ccccc3)C=C2c2ccccc2)cc1. The van der Waals surface area contributed by atoms with Crippen molar-refractivity contribution in [3.63, 3.8) is 0 Å². The van der Waals surface area contributed by atoms with Gasteiger partial charge in [-0.05, 0) is 82.0 Å². The van der Waals surface area contributed by atoms with Crippen LogP contribution in [0.25, 0.3) is 16.8 Å². The lowest BCUT2D eigenvalue weighted by atomic mass is 9.84. The molecule has 0 radical (unpaired) electrons. The van der Waals surface area contributed by atoms with Crippen LogP contribution in [-0.4, -0.2) is 7.05 Å². The Labute approximate surface area is 321 Å². The van der Waals surface area contributed by atoms with Crippen LogP contribution in [0.2, 0.25) is 0 Å². The largest absolute Gasteiger partial charge is 0.373 e. The summed E-state index contributed by atoms with van der Waals surface area (Å²) in [5.41, 5.74) is 15.2. The van der Waals surface area contributed by atoms with Crippen LogP contribution in [0.1, 0.15) is 96.9 Å². The molecule has 5 aromatic carbocycles. The van der Waals surface area contributed by atoms with Gasteiger partial charge in [0.25, 0.3) is 0 Å². The Morgan fingerprint density at radius 3 is 1.92 bits per heavy atom. The molecule has 2 N–H and O–H groups in total. The zero-order valence-electron chi connectivity index (χ0n) is 31.6. The molecule has 3 atom stereocenters. The molecule has 5 aromatic rings. The number of rotatable bonds is 6. The van der Waals surface area contributed by atoms with Gasteiger partial charge in [0.15, 0.2) is 0 Å². The number of anilines is 1. The van der Waals surface area contributed by atoms with Crippen LogP contribution in [0.4, 0.5) is 5.69 Å². The van der Waals surface area contributed by atoms with Crippen LogP contribution >= 0.6 is 11.8 Å². The van der Waals surface area contributed by atoms with Crippen molar-refractivity contribution in [1.29, 1.82) is 0 Å². The number of hydrogen-bond donors (Lipinski definition) is 2. The summed E-state index contributed by atoms with van der Waals surface area (Å²) in [6.45, 7) is 8.00. The van der Waals surface area contributed by atoms with Crippen LogP contribution < -0.4 is 15.5 Å². The highest BCUT2D eigenvalue weighted by molar-refractivity contribution is 8.03. The molecule has 0 saturated heterocycles. The fraction of sp³-hybridized carbons (Fsp3) is 0.224. The van der Waals surface area contributed by atoms with Gasteiger partial charge in [0.1, 0.15) is 5.37 Å². The van der Waals surface area contributed by atoms with E-state index in [0.29, 0.717) is 6.04 Å². The van der Waals surface area contributed by atoms with Crippen LogP contribution in [0.3, 0.4) is 0 Å². The van der Waals surface area contributed by atoms with Gasteiger partial charge >= 0.3 is 0 Å². The molecule has 4 heteroatoms. The number of para-hydroxylation sites is 1. The number of hydrogen-bond acceptors (Lipinski definition) is 4. The van der Waals surface area contributed by atoms with Gasteiger partial charge in [-0.1, -0.05) is 173 Å². The topological polar surface area (TPSA) is 27.3 Å².